The largest absolute Gasteiger partial charge is 0.391 e. The molecule has 4 heterocycles. The number of nitrogens with zero attached hydrogens (tertiary/aromatic N) is 4. The van der Waals surface area contributed by atoms with E-state index in [4.69, 9.17) is 0 Å². The monoisotopic (exact) mass is 489 g/mol. The predicted octanol–water partition coefficient (Wildman–Crippen LogP) is 3.61. The first-order valence-corrected chi connectivity index (χ1v) is 13.4. The van der Waals surface area contributed by atoms with Gasteiger partial charge < -0.3 is 19.9 Å². The first-order valence-electron chi connectivity index (χ1n) is 13.4. The Balaban J connectivity index is 1.51. The van der Waals surface area contributed by atoms with E-state index >= 15 is 0 Å². The highest BCUT2D eigenvalue weighted by Gasteiger charge is 2.25. The van der Waals surface area contributed by atoms with Crippen LogP contribution in [0.4, 0.5) is 5.69 Å². The van der Waals surface area contributed by atoms with Crippen molar-refractivity contribution in [3.05, 3.63) is 69.8 Å². The lowest BCUT2D eigenvalue weighted by molar-refractivity contribution is 0.149. The highest BCUT2D eigenvalue weighted by molar-refractivity contribution is 5.83. The van der Waals surface area contributed by atoms with Crippen molar-refractivity contribution in [3.63, 3.8) is 0 Å². The van der Waals surface area contributed by atoms with Crippen LogP contribution < -0.4 is 15.6 Å². The van der Waals surface area contributed by atoms with Crippen molar-refractivity contribution in [2.24, 2.45) is 0 Å². The SMILES string of the molecule is Cc1cc(CN(Cc2cn(C(C)C)c3cc(N4CC[C@@H](O)C4)ccc3c2=O)[C@H]2CCCNC2)ccn1. The summed E-state index contributed by atoms with van der Waals surface area (Å²) < 4.78 is 2.25. The summed E-state index contributed by atoms with van der Waals surface area (Å²) >= 11 is 0. The summed E-state index contributed by atoms with van der Waals surface area (Å²) in [5, 5.41) is 14.3. The highest BCUT2D eigenvalue weighted by Crippen LogP contribution is 2.27. The molecular formula is C29H39N5O2. The minimum atomic E-state index is -0.278. The Hall–Kier alpha value is -2.74. The lowest BCUT2D eigenvalue weighted by Gasteiger charge is -2.35. The Labute approximate surface area is 213 Å². The molecule has 1 aromatic carbocycles. The summed E-state index contributed by atoms with van der Waals surface area (Å²) in [6.45, 7) is 11.3. The van der Waals surface area contributed by atoms with Gasteiger partial charge in [-0.3, -0.25) is 14.7 Å². The Kier molecular flexibility index (Phi) is 7.42. The predicted molar refractivity (Wildman–Crippen MR) is 146 cm³/mol. The number of rotatable bonds is 7. The number of nitrogens with one attached hydrogen (secondary N) is 1. The summed E-state index contributed by atoms with van der Waals surface area (Å²) in [6, 6.07) is 11.0. The smallest absolute Gasteiger partial charge is 0.193 e. The molecule has 0 aliphatic carbocycles. The number of β-amino-alcohol motifs (C(OH)–C–C–N with tert-alkyl or cyclic N) is 1. The van der Waals surface area contributed by atoms with Crippen LogP contribution in [0.5, 0.6) is 0 Å². The van der Waals surface area contributed by atoms with E-state index in [0.29, 0.717) is 19.1 Å². The minimum Gasteiger partial charge on any atom is -0.391 e. The third kappa shape index (κ3) is 5.33. The summed E-state index contributed by atoms with van der Waals surface area (Å²) in [4.78, 5) is 22.8. The van der Waals surface area contributed by atoms with Crippen LogP contribution in [0.2, 0.25) is 0 Å². The Morgan fingerprint density at radius 1 is 1.19 bits per heavy atom. The third-order valence-corrected chi connectivity index (χ3v) is 7.68. The molecule has 0 bridgehead atoms. The molecule has 7 nitrogen and oxygen atoms in total. The van der Waals surface area contributed by atoms with Crippen LogP contribution in [-0.2, 0) is 13.1 Å². The molecule has 2 aliphatic rings. The molecule has 36 heavy (non-hydrogen) atoms. The quantitative estimate of drug-likeness (QED) is 0.528. The molecule has 0 amide bonds. The van der Waals surface area contributed by atoms with Crippen LogP contribution in [0.25, 0.3) is 10.9 Å². The topological polar surface area (TPSA) is 73.6 Å². The van der Waals surface area contributed by atoms with E-state index in [9.17, 15) is 9.90 Å². The summed E-state index contributed by atoms with van der Waals surface area (Å²) in [5.41, 5.74) is 5.25. The number of aliphatic hydroxyl groups excluding tert-OH is 1. The normalized spacial score (nSPS) is 20.7. The summed E-state index contributed by atoms with van der Waals surface area (Å²) in [7, 11) is 0. The van der Waals surface area contributed by atoms with Gasteiger partial charge in [-0.15, -0.1) is 0 Å². The number of anilines is 1. The number of pyridine rings is 2. The first kappa shape index (κ1) is 24.9. The van der Waals surface area contributed by atoms with Gasteiger partial charge in [-0.1, -0.05) is 0 Å². The summed E-state index contributed by atoms with van der Waals surface area (Å²) in [5.74, 6) is 0. The zero-order valence-corrected chi connectivity index (χ0v) is 21.8. The molecule has 0 saturated carbocycles. The molecule has 5 rings (SSSR count). The molecule has 2 fully saturated rings. The third-order valence-electron chi connectivity index (χ3n) is 7.68. The van der Waals surface area contributed by atoms with E-state index in [-0.39, 0.29) is 17.6 Å². The second-order valence-electron chi connectivity index (χ2n) is 10.8. The number of aryl methyl sites for hydroxylation is 1. The minimum absolute atomic E-state index is 0.120. The standard InChI is InChI=1S/C29H39N5O2/c1-20(2)34-18-23(29(36)27-7-6-24(14-28(27)34)32-12-9-26(35)19-32)17-33(25-5-4-10-30-15-25)16-22-8-11-31-21(3)13-22/h6-8,11,13-14,18,20,25-26,30,35H,4-5,9-10,12,15-17,19H2,1-3H3/t25-,26+/m0/s1. The van der Waals surface area contributed by atoms with Gasteiger partial charge in [0.05, 0.1) is 11.6 Å². The van der Waals surface area contributed by atoms with E-state index in [1.165, 1.54) is 5.56 Å². The number of benzene rings is 1. The second-order valence-corrected chi connectivity index (χ2v) is 10.8. The molecule has 0 radical (unpaired) electrons. The Bertz CT molecular complexity index is 1260. The maximum atomic E-state index is 13.8. The van der Waals surface area contributed by atoms with Crippen LogP contribution in [-0.4, -0.2) is 57.9 Å². The van der Waals surface area contributed by atoms with Crippen molar-refractivity contribution in [2.45, 2.75) is 71.3 Å². The number of hydrogen-bond acceptors (Lipinski definition) is 6. The molecule has 2 aromatic heterocycles. The van der Waals surface area contributed by atoms with Gasteiger partial charge >= 0.3 is 0 Å². The van der Waals surface area contributed by atoms with Crippen LogP contribution in [0, 0.1) is 6.92 Å². The molecule has 2 saturated heterocycles. The molecular weight excluding hydrogens is 450 g/mol. The molecule has 7 heteroatoms. The first-order chi connectivity index (χ1) is 17.4. The van der Waals surface area contributed by atoms with E-state index in [2.05, 4.69) is 62.9 Å². The van der Waals surface area contributed by atoms with E-state index < -0.39 is 0 Å². The summed E-state index contributed by atoms with van der Waals surface area (Å²) in [6.07, 6.45) is 6.75. The van der Waals surface area contributed by atoms with Crippen LogP contribution in [0.3, 0.4) is 0 Å². The van der Waals surface area contributed by atoms with Crippen LogP contribution in [0.15, 0.2) is 47.5 Å². The number of hydrogen-bond donors (Lipinski definition) is 2. The Morgan fingerprint density at radius 2 is 2.06 bits per heavy atom. The maximum Gasteiger partial charge on any atom is 0.193 e. The maximum absolute atomic E-state index is 13.8. The zero-order chi connectivity index (χ0) is 25.2. The van der Waals surface area contributed by atoms with Crippen molar-refractivity contribution < 1.29 is 5.11 Å². The number of aromatic nitrogens is 2. The van der Waals surface area contributed by atoms with Gasteiger partial charge in [0.1, 0.15) is 0 Å². The highest BCUT2D eigenvalue weighted by atomic mass is 16.3. The van der Waals surface area contributed by atoms with Gasteiger partial charge in [0, 0.05) is 79.5 Å². The van der Waals surface area contributed by atoms with Crippen molar-refractivity contribution in [1.82, 2.24) is 19.8 Å². The van der Waals surface area contributed by atoms with Crippen molar-refractivity contribution >= 4 is 16.6 Å². The number of aliphatic hydroxyl groups is 1. The van der Waals surface area contributed by atoms with E-state index in [1.54, 1.807) is 0 Å². The molecule has 2 atom stereocenters. The van der Waals surface area contributed by atoms with Crippen molar-refractivity contribution in [1.29, 1.82) is 0 Å². The fourth-order valence-electron chi connectivity index (χ4n) is 5.72. The molecule has 3 aromatic rings. The number of fused-ring (bicyclic) bond motifs is 1. The van der Waals surface area contributed by atoms with Gasteiger partial charge in [0.15, 0.2) is 5.43 Å². The van der Waals surface area contributed by atoms with E-state index in [0.717, 1.165) is 73.3 Å². The lowest BCUT2D eigenvalue weighted by atomic mass is 10.0. The number of piperidine rings is 1. The van der Waals surface area contributed by atoms with Crippen LogP contribution in [0.1, 0.15) is 56.0 Å². The fraction of sp³-hybridized carbons (Fsp3) is 0.517. The van der Waals surface area contributed by atoms with Gasteiger partial charge in [-0.05, 0) is 82.5 Å². The van der Waals surface area contributed by atoms with Gasteiger partial charge in [0.25, 0.3) is 0 Å². The van der Waals surface area contributed by atoms with E-state index in [1.807, 2.05) is 25.3 Å². The molecule has 0 unspecified atom stereocenters. The molecule has 192 valence electrons. The van der Waals surface area contributed by atoms with Gasteiger partial charge in [0.2, 0.25) is 0 Å². The van der Waals surface area contributed by atoms with Crippen LogP contribution >= 0.6 is 0 Å². The van der Waals surface area contributed by atoms with Crippen molar-refractivity contribution in [3.8, 4) is 0 Å². The fourth-order valence-corrected chi connectivity index (χ4v) is 5.72. The molecule has 0 spiro atoms. The zero-order valence-electron chi connectivity index (χ0n) is 21.8. The average Bonchev–Trinajstić information content (AvgIpc) is 3.31. The lowest BCUT2D eigenvalue weighted by Crippen LogP contribution is -2.45. The van der Waals surface area contributed by atoms with Gasteiger partial charge in [-0.2, -0.15) is 0 Å². The van der Waals surface area contributed by atoms with Gasteiger partial charge in [-0.25, -0.2) is 0 Å². The molecule has 2 aliphatic heterocycles. The Morgan fingerprint density at radius 3 is 2.75 bits per heavy atom. The second kappa shape index (κ2) is 10.7. The molecule has 2 N–H and O–H groups in total. The average molecular weight is 490 g/mol. The van der Waals surface area contributed by atoms with Crippen molar-refractivity contribution in [2.75, 3.05) is 31.1 Å².